The van der Waals surface area contributed by atoms with Crippen LogP contribution in [0.3, 0.4) is 0 Å². The summed E-state index contributed by atoms with van der Waals surface area (Å²) in [6.45, 7) is 0.536. The summed E-state index contributed by atoms with van der Waals surface area (Å²) in [6.07, 6.45) is 29.6. The standard InChI is InChI=1S/C61H48O2S/c62-38(18-23-15-16-64-21-23)63-20-22-5-6-33-34(17-22)39-24-3-1-2-4-32(24)59(33)61-36-14-13-30-29-10-9-26-25-7-8-27-28-11-12-31-35(19-37(39)61)47-52-45(31)44(28)50-41(27)40(25)49-42(26)43(29)51-46(30)48(36)58(60(47)61)57-55(51)53(49)54(50)56(52)57/h1-3,11-12,15-17,21-22,25-26,29-30,32-33,36-37,39,44-45,49,53,59H,4-10,13-14,18-20H2/t22?,25?,26?,29?,30?,32-,33+,36?,37?,39+,44?,45?,49?,53?,59-,61+/m0/s1. The van der Waals surface area contributed by atoms with Gasteiger partial charge in [0.05, 0.1) is 13.0 Å². The van der Waals surface area contributed by atoms with Crippen LogP contribution in [0, 0.1) is 65.1 Å². The van der Waals surface area contributed by atoms with Crippen molar-refractivity contribution < 1.29 is 9.53 Å². The Morgan fingerprint density at radius 2 is 1.61 bits per heavy atom. The van der Waals surface area contributed by atoms with Crippen LogP contribution < -0.4 is 0 Å². The number of hydrogen-bond acceptors (Lipinski definition) is 3. The smallest absolute Gasteiger partial charge is 0.310 e. The van der Waals surface area contributed by atoms with Crippen molar-refractivity contribution >= 4 is 44.8 Å². The summed E-state index contributed by atoms with van der Waals surface area (Å²) in [4.78, 5) is 13.2. The Labute approximate surface area is 377 Å². The number of benzene rings is 2. The van der Waals surface area contributed by atoms with Crippen molar-refractivity contribution in [2.45, 2.75) is 99.7 Å². The summed E-state index contributed by atoms with van der Waals surface area (Å²) < 4.78 is 6.16. The number of carbonyl (C=O) groups is 1. The van der Waals surface area contributed by atoms with Gasteiger partial charge in [-0.3, -0.25) is 4.79 Å². The Morgan fingerprint density at radius 3 is 2.55 bits per heavy atom. The zero-order chi connectivity index (χ0) is 40.3. The molecule has 0 saturated heterocycles. The first-order valence-electron chi connectivity index (χ1n) is 26.1. The monoisotopic (exact) mass is 844 g/mol. The van der Waals surface area contributed by atoms with Gasteiger partial charge in [0.1, 0.15) is 0 Å². The second kappa shape index (κ2) is 9.67. The summed E-state index contributed by atoms with van der Waals surface area (Å²) in [6, 6.07) is 2.07. The third-order valence-corrected chi connectivity index (χ3v) is 24.4. The summed E-state index contributed by atoms with van der Waals surface area (Å²) in [5.41, 5.74) is 39.0. The molecular weight excluding hydrogens is 797 g/mol. The highest BCUT2D eigenvalue weighted by Crippen LogP contribution is 2.87. The number of hydrogen-bond donors (Lipinski definition) is 0. The quantitative estimate of drug-likeness (QED) is 0.193. The predicted octanol–water partition coefficient (Wildman–Crippen LogP) is 13.0. The Kier molecular flexibility index (Phi) is 4.87. The molecule has 2 aromatic carbocycles. The molecule has 64 heavy (non-hydrogen) atoms. The Hall–Kier alpha value is -4.47. The molecular formula is C61H48O2S. The molecule has 4 saturated carbocycles. The third-order valence-electron chi connectivity index (χ3n) is 23.6. The molecule has 0 radical (unpaired) electrons. The molecule has 0 N–H and O–H groups in total. The van der Waals surface area contributed by atoms with Crippen LogP contribution >= 0.6 is 11.3 Å². The number of allylic oxidation sites excluding steroid dienone is 17. The van der Waals surface area contributed by atoms with E-state index in [9.17, 15) is 4.79 Å². The number of carbonyl (C=O) groups excluding carboxylic acids is 1. The zero-order valence-electron chi connectivity index (χ0n) is 36.1. The average Bonchev–Trinajstić information content (AvgIpc) is 4.20. The van der Waals surface area contributed by atoms with Crippen LogP contribution in [-0.2, 0) is 21.4 Å². The molecule has 2 bridgehead atoms. The second-order valence-electron chi connectivity index (χ2n) is 24.5. The maximum Gasteiger partial charge on any atom is 0.310 e. The van der Waals surface area contributed by atoms with E-state index in [1.54, 1.807) is 33.6 Å². The van der Waals surface area contributed by atoms with Crippen molar-refractivity contribution in [2.75, 3.05) is 6.61 Å². The fourth-order valence-electron chi connectivity index (χ4n) is 23.0. The van der Waals surface area contributed by atoms with E-state index in [0.717, 1.165) is 35.7 Å². The highest BCUT2D eigenvalue weighted by molar-refractivity contribution is 7.08. The van der Waals surface area contributed by atoms with Gasteiger partial charge in [0.25, 0.3) is 0 Å². The highest BCUT2D eigenvalue weighted by atomic mass is 32.1. The molecule has 3 heteroatoms. The SMILES string of the molecule is O=C(Cc1ccsc1)OCC1C=C2[C@H]3C4=CC=CC[C@@H]4[C@@H]([C@@H]2CC1)[C@@]12c4c5c6c7c8c9c%10c%11c(c48)C1CCC%11C1CCC4C(=C%101)C1C8=C%10C(=C%11C=CC(=C5CC32)C6C%11C%10=C7C91)CCC84. The summed E-state index contributed by atoms with van der Waals surface area (Å²) in [7, 11) is 0. The highest BCUT2D eigenvalue weighted by Gasteiger charge is 2.76. The molecule has 1 heterocycles. The molecule has 4 fully saturated rings. The van der Waals surface area contributed by atoms with Crippen molar-refractivity contribution in [3.05, 3.63) is 154 Å². The van der Waals surface area contributed by atoms with Gasteiger partial charge in [-0.2, -0.15) is 11.3 Å². The lowest BCUT2D eigenvalue weighted by molar-refractivity contribution is -0.144. The van der Waals surface area contributed by atoms with E-state index in [1.807, 2.05) is 99.9 Å². The second-order valence-corrected chi connectivity index (χ2v) is 25.3. The van der Waals surface area contributed by atoms with Crippen molar-refractivity contribution in [1.82, 2.24) is 0 Å². The molecule has 22 rings (SSSR count). The van der Waals surface area contributed by atoms with Gasteiger partial charge in [-0.15, -0.1) is 0 Å². The van der Waals surface area contributed by atoms with E-state index < -0.39 is 0 Å². The van der Waals surface area contributed by atoms with E-state index >= 15 is 0 Å². The topological polar surface area (TPSA) is 26.3 Å². The molecule has 2 nitrogen and oxygen atoms in total. The molecule has 19 aliphatic carbocycles. The fourth-order valence-corrected chi connectivity index (χ4v) is 23.6. The minimum absolute atomic E-state index is 0.0631. The first kappa shape index (κ1) is 32.2. The summed E-state index contributed by atoms with van der Waals surface area (Å²) in [5.74, 6) is 9.41. The molecule has 19 aliphatic rings. The Morgan fingerprint density at radius 1 is 0.719 bits per heavy atom. The molecule has 0 amide bonds. The van der Waals surface area contributed by atoms with E-state index in [-0.39, 0.29) is 11.4 Å². The lowest BCUT2D eigenvalue weighted by atomic mass is 9.34. The number of thiophene rings is 1. The normalized spacial score (nSPS) is 44.7. The maximum atomic E-state index is 13.2. The summed E-state index contributed by atoms with van der Waals surface area (Å²) in [5, 5.41) is 7.91. The lowest BCUT2D eigenvalue weighted by Gasteiger charge is -2.69. The van der Waals surface area contributed by atoms with E-state index in [4.69, 9.17) is 4.74 Å². The first-order chi connectivity index (χ1) is 31.7. The van der Waals surface area contributed by atoms with Crippen molar-refractivity contribution in [1.29, 1.82) is 0 Å². The van der Waals surface area contributed by atoms with Crippen molar-refractivity contribution in [2.24, 2.45) is 65.1 Å². The number of ether oxygens (including phenoxy) is 1. The largest absolute Gasteiger partial charge is 0.465 e. The average molecular weight is 845 g/mol. The first-order valence-corrected chi connectivity index (χ1v) is 27.0. The lowest BCUT2D eigenvalue weighted by Crippen LogP contribution is -2.64. The van der Waals surface area contributed by atoms with Gasteiger partial charge in [0, 0.05) is 40.9 Å². The number of rotatable bonds is 4. The van der Waals surface area contributed by atoms with Crippen LogP contribution in [0.5, 0.6) is 0 Å². The van der Waals surface area contributed by atoms with Gasteiger partial charge in [-0.1, -0.05) is 58.7 Å². The third kappa shape index (κ3) is 2.82. The molecule has 310 valence electrons. The molecule has 1 aromatic heterocycles. The minimum atomic E-state index is -0.0631. The van der Waals surface area contributed by atoms with Crippen molar-refractivity contribution in [3.8, 4) is 0 Å². The minimum Gasteiger partial charge on any atom is -0.465 e. The van der Waals surface area contributed by atoms with Crippen LogP contribution in [0.25, 0.3) is 27.5 Å². The van der Waals surface area contributed by atoms with Crippen LogP contribution in [-0.4, -0.2) is 12.6 Å². The van der Waals surface area contributed by atoms with Crippen molar-refractivity contribution in [3.63, 3.8) is 0 Å². The summed E-state index contributed by atoms with van der Waals surface area (Å²) >= 11 is 1.67. The zero-order valence-corrected chi connectivity index (χ0v) is 36.9. The van der Waals surface area contributed by atoms with Gasteiger partial charge >= 0.3 is 5.97 Å². The predicted molar refractivity (Wildman–Crippen MR) is 249 cm³/mol. The van der Waals surface area contributed by atoms with Gasteiger partial charge in [0.15, 0.2) is 0 Å². The number of esters is 1. The Balaban J connectivity index is 0.868. The fraction of sp³-hybridized carbons (Fsp3) is 0.459. The van der Waals surface area contributed by atoms with Gasteiger partial charge in [0.2, 0.25) is 0 Å². The molecule has 0 aliphatic heterocycles. The molecule has 11 unspecified atom stereocenters. The molecule has 16 atom stereocenters. The van der Waals surface area contributed by atoms with Gasteiger partial charge in [-0.25, -0.2) is 0 Å². The van der Waals surface area contributed by atoms with Crippen LogP contribution in [0.1, 0.15) is 138 Å². The van der Waals surface area contributed by atoms with Crippen LogP contribution in [0.2, 0.25) is 0 Å². The van der Waals surface area contributed by atoms with Crippen LogP contribution in [0.15, 0.2) is 103 Å². The molecule has 1 spiro atoms. The van der Waals surface area contributed by atoms with Gasteiger partial charge in [-0.05, 0) is 240 Å². The van der Waals surface area contributed by atoms with E-state index in [0.29, 0.717) is 78.1 Å². The van der Waals surface area contributed by atoms with E-state index in [1.165, 1.54) is 57.8 Å². The van der Waals surface area contributed by atoms with E-state index in [2.05, 4.69) is 53.3 Å². The van der Waals surface area contributed by atoms with Gasteiger partial charge < -0.3 is 4.74 Å². The molecule has 3 aromatic rings. The number of fused-ring (bicyclic) bond motifs is 2. The van der Waals surface area contributed by atoms with Crippen LogP contribution in [0.4, 0.5) is 0 Å². The Bertz CT molecular complexity index is 3430. The maximum absolute atomic E-state index is 13.2.